The van der Waals surface area contributed by atoms with E-state index >= 15 is 0 Å². The van der Waals surface area contributed by atoms with E-state index in [1.165, 1.54) is 12.4 Å². The number of rotatable bonds is 5. The Kier molecular flexibility index (Phi) is 5.24. The Hall–Kier alpha value is -3.25. The summed E-state index contributed by atoms with van der Waals surface area (Å²) in [6.07, 6.45) is 7.14. The molecule has 2 aromatic heterocycles. The maximum Gasteiger partial charge on any atom is 0.271 e. The molecule has 9 heteroatoms. The van der Waals surface area contributed by atoms with Gasteiger partial charge in [-0.3, -0.25) is 4.79 Å². The van der Waals surface area contributed by atoms with Gasteiger partial charge in [-0.25, -0.2) is 9.97 Å². The van der Waals surface area contributed by atoms with E-state index in [2.05, 4.69) is 30.4 Å². The molecule has 0 bridgehead atoms. The van der Waals surface area contributed by atoms with Crippen LogP contribution in [0.15, 0.2) is 24.5 Å². The highest BCUT2D eigenvalue weighted by Crippen LogP contribution is 2.23. The zero-order valence-corrected chi connectivity index (χ0v) is 14.1. The Bertz CT molecular complexity index is 830. The van der Waals surface area contributed by atoms with Gasteiger partial charge >= 0.3 is 0 Å². The Morgan fingerprint density at radius 3 is 2.69 bits per heavy atom. The molecule has 2 heterocycles. The molecular weight excluding hydrogens is 332 g/mol. The molecule has 134 valence electrons. The highest BCUT2D eigenvalue weighted by Gasteiger charge is 2.23. The molecule has 1 amide bonds. The molecule has 1 fully saturated rings. The minimum atomic E-state index is -0.688. The van der Waals surface area contributed by atoms with Crippen LogP contribution in [0.4, 0.5) is 23.1 Å². The van der Waals surface area contributed by atoms with Crippen LogP contribution in [0, 0.1) is 6.57 Å². The quantitative estimate of drug-likeness (QED) is 0.604. The summed E-state index contributed by atoms with van der Waals surface area (Å²) in [4.78, 5) is 27.4. The van der Waals surface area contributed by atoms with Gasteiger partial charge in [-0.2, -0.15) is 0 Å². The lowest BCUT2D eigenvalue weighted by Gasteiger charge is -2.29. The van der Waals surface area contributed by atoms with Crippen LogP contribution in [0.1, 0.15) is 36.2 Å². The number of nitrogens with two attached hydrogens (primary N) is 2. The average Bonchev–Trinajstić information content (AvgIpc) is 2.64. The third-order valence-corrected chi connectivity index (χ3v) is 4.28. The second-order valence-electron chi connectivity index (χ2n) is 6.16. The number of amides is 1. The van der Waals surface area contributed by atoms with Crippen LogP contribution in [0.2, 0.25) is 0 Å². The third-order valence-electron chi connectivity index (χ3n) is 4.28. The smallest absolute Gasteiger partial charge is 0.271 e. The van der Waals surface area contributed by atoms with Crippen molar-refractivity contribution in [1.29, 1.82) is 0 Å². The van der Waals surface area contributed by atoms with Crippen molar-refractivity contribution in [1.82, 2.24) is 15.0 Å². The molecule has 1 aliphatic carbocycles. The zero-order chi connectivity index (χ0) is 18.5. The fourth-order valence-corrected chi connectivity index (χ4v) is 2.92. The fourth-order valence-electron chi connectivity index (χ4n) is 2.92. The SMILES string of the molecule is [C-]#[N+]c1ccc(Nc2nc(N[C@@H]3CCCC[C@@H]3N)cnc2C(N)=O)cn1. The van der Waals surface area contributed by atoms with Gasteiger partial charge < -0.3 is 26.9 Å². The van der Waals surface area contributed by atoms with Crippen LogP contribution < -0.4 is 22.1 Å². The van der Waals surface area contributed by atoms with Gasteiger partial charge in [0, 0.05) is 12.1 Å². The van der Waals surface area contributed by atoms with Crippen LogP contribution >= 0.6 is 0 Å². The maximum absolute atomic E-state index is 11.6. The Morgan fingerprint density at radius 1 is 1.23 bits per heavy atom. The molecule has 0 radical (unpaired) electrons. The van der Waals surface area contributed by atoms with Crippen LogP contribution in [-0.2, 0) is 0 Å². The largest absolute Gasteiger partial charge is 0.364 e. The first-order chi connectivity index (χ1) is 12.6. The van der Waals surface area contributed by atoms with E-state index in [-0.39, 0.29) is 29.4 Å². The summed E-state index contributed by atoms with van der Waals surface area (Å²) in [5.41, 5.74) is 12.1. The molecular formula is C17H20N8O. The molecule has 3 rings (SSSR count). The standard InChI is InChI=1S/C17H20N8O/c1-20-13-7-6-10(8-21-13)23-17-15(16(19)26)22-9-14(25-17)24-12-5-3-2-4-11(12)18/h6-9,11-12H,2-5,18H2,(H2,19,26)(H2,23,24,25)/t11-,12+/m0/s1. The molecule has 1 saturated carbocycles. The Balaban J connectivity index is 1.83. The first-order valence-electron chi connectivity index (χ1n) is 8.36. The predicted molar refractivity (Wildman–Crippen MR) is 98.2 cm³/mol. The first-order valence-corrected chi connectivity index (χ1v) is 8.36. The van der Waals surface area contributed by atoms with Crippen LogP contribution in [-0.4, -0.2) is 32.9 Å². The molecule has 0 unspecified atom stereocenters. The molecule has 2 aromatic rings. The Labute approximate surface area is 151 Å². The second-order valence-corrected chi connectivity index (χ2v) is 6.16. The normalized spacial score (nSPS) is 19.4. The highest BCUT2D eigenvalue weighted by molar-refractivity contribution is 5.96. The van der Waals surface area contributed by atoms with E-state index in [1.54, 1.807) is 12.1 Å². The molecule has 0 aliphatic heterocycles. The van der Waals surface area contributed by atoms with Gasteiger partial charge in [0.15, 0.2) is 11.5 Å². The number of carbonyl (C=O) groups is 1. The van der Waals surface area contributed by atoms with Gasteiger partial charge in [0.25, 0.3) is 11.7 Å². The Morgan fingerprint density at radius 2 is 2.04 bits per heavy atom. The summed E-state index contributed by atoms with van der Waals surface area (Å²) in [6, 6.07) is 3.41. The number of nitrogens with one attached hydrogen (secondary N) is 2. The van der Waals surface area contributed by atoms with E-state index in [1.807, 2.05) is 0 Å². The monoisotopic (exact) mass is 352 g/mol. The first kappa shape index (κ1) is 17.6. The number of nitrogens with zero attached hydrogens (tertiary/aromatic N) is 4. The van der Waals surface area contributed by atoms with Crippen LogP contribution in [0.3, 0.4) is 0 Å². The lowest BCUT2D eigenvalue weighted by atomic mass is 9.91. The highest BCUT2D eigenvalue weighted by atomic mass is 16.1. The van der Waals surface area contributed by atoms with Crippen molar-refractivity contribution in [2.24, 2.45) is 11.5 Å². The van der Waals surface area contributed by atoms with Gasteiger partial charge in [-0.1, -0.05) is 19.4 Å². The summed E-state index contributed by atoms with van der Waals surface area (Å²) in [6.45, 7) is 6.93. The van der Waals surface area contributed by atoms with Gasteiger partial charge in [-0.05, 0) is 25.0 Å². The van der Waals surface area contributed by atoms with E-state index < -0.39 is 5.91 Å². The topological polar surface area (TPSA) is 136 Å². The molecule has 2 atom stereocenters. The van der Waals surface area contributed by atoms with Crippen molar-refractivity contribution in [3.05, 3.63) is 41.6 Å². The number of anilines is 3. The van der Waals surface area contributed by atoms with Crippen molar-refractivity contribution >= 4 is 29.0 Å². The van der Waals surface area contributed by atoms with Crippen molar-refractivity contribution in [2.75, 3.05) is 10.6 Å². The summed E-state index contributed by atoms with van der Waals surface area (Å²) in [5, 5.41) is 6.28. The van der Waals surface area contributed by atoms with Crippen LogP contribution in [0.25, 0.3) is 4.85 Å². The molecule has 1 aliphatic rings. The van der Waals surface area contributed by atoms with Crippen LogP contribution in [0.5, 0.6) is 0 Å². The number of hydrogen-bond acceptors (Lipinski definition) is 7. The van der Waals surface area contributed by atoms with E-state index in [0.717, 1.165) is 25.7 Å². The van der Waals surface area contributed by atoms with Crippen molar-refractivity contribution in [3.8, 4) is 0 Å². The molecule has 26 heavy (non-hydrogen) atoms. The van der Waals surface area contributed by atoms with Crippen molar-refractivity contribution < 1.29 is 4.79 Å². The summed E-state index contributed by atoms with van der Waals surface area (Å²) in [7, 11) is 0. The van der Waals surface area contributed by atoms with Gasteiger partial charge in [-0.15, -0.1) is 4.98 Å². The van der Waals surface area contributed by atoms with Crippen molar-refractivity contribution in [3.63, 3.8) is 0 Å². The zero-order valence-electron chi connectivity index (χ0n) is 14.1. The van der Waals surface area contributed by atoms with Gasteiger partial charge in [0.1, 0.15) is 12.0 Å². The van der Waals surface area contributed by atoms with Gasteiger partial charge in [0.05, 0.1) is 11.9 Å². The summed E-state index contributed by atoms with van der Waals surface area (Å²) >= 11 is 0. The minimum absolute atomic E-state index is 0.0257. The molecule has 0 spiro atoms. The molecule has 6 N–H and O–H groups in total. The molecule has 0 saturated heterocycles. The second kappa shape index (κ2) is 7.76. The van der Waals surface area contributed by atoms with E-state index in [9.17, 15) is 4.79 Å². The molecule has 9 nitrogen and oxygen atoms in total. The van der Waals surface area contributed by atoms with E-state index in [4.69, 9.17) is 18.0 Å². The molecule has 0 aromatic carbocycles. The lowest BCUT2D eigenvalue weighted by Crippen LogP contribution is -2.42. The fraction of sp³-hybridized carbons (Fsp3) is 0.353. The third kappa shape index (κ3) is 4.04. The number of pyridine rings is 1. The number of primary amides is 1. The summed E-state index contributed by atoms with van der Waals surface area (Å²) in [5.74, 6) is 0.333. The lowest BCUT2D eigenvalue weighted by molar-refractivity contribution is 0.0996. The maximum atomic E-state index is 11.6. The summed E-state index contributed by atoms with van der Waals surface area (Å²) < 4.78 is 0. The number of aromatic nitrogens is 3. The number of hydrogen-bond donors (Lipinski definition) is 4. The van der Waals surface area contributed by atoms with E-state index in [0.29, 0.717) is 11.5 Å². The number of carbonyl (C=O) groups excluding carboxylic acids is 1. The minimum Gasteiger partial charge on any atom is -0.364 e. The van der Waals surface area contributed by atoms with Gasteiger partial charge in [0.2, 0.25) is 0 Å². The predicted octanol–water partition coefficient (Wildman–Crippen LogP) is 1.95. The average molecular weight is 352 g/mol. The van der Waals surface area contributed by atoms with Crippen molar-refractivity contribution in [2.45, 2.75) is 37.8 Å².